The van der Waals surface area contributed by atoms with Gasteiger partial charge in [0.2, 0.25) is 11.8 Å². The number of amides is 2. The normalized spacial score (nSPS) is 13.4. The third kappa shape index (κ3) is 3.54. The number of benzene rings is 1. The van der Waals surface area contributed by atoms with Gasteiger partial charge >= 0.3 is 5.97 Å². The number of hydrogen-bond donors (Lipinski definition) is 3. The van der Waals surface area contributed by atoms with Gasteiger partial charge in [-0.15, -0.1) is 0 Å². The molecule has 2 rings (SSSR count). The first-order valence-corrected chi connectivity index (χ1v) is 5.99. The zero-order valence-corrected chi connectivity index (χ0v) is 10.2. The van der Waals surface area contributed by atoms with Crippen LogP contribution < -0.4 is 10.6 Å². The van der Waals surface area contributed by atoms with Gasteiger partial charge in [-0.1, -0.05) is 0 Å². The lowest BCUT2D eigenvalue weighted by Gasteiger charge is -2.17. The third-order valence-electron chi connectivity index (χ3n) is 2.85. The molecule has 0 unspecified atom stereocenters. The Labute approximate surface area is 109 Å². The molecular weight excluding hydrogens is 248 g/mol. The summed E-state index contributed by atoms with van der Waals surface area (Å²) in [6, 6.07) is 5.22. The van der Waals surface area contributed by atoms with Crippen LogP contribution in [-0.2, 0) is 20.8 Å². The Kier molecular flexibility index (Phi) is 3.79. The van der Waals surface area contributed by atoms with E-state index in [-0.39, 0.29) is 24.7 Å². The van der Waals surface area contributed by atoms with Gasteiger partial charge in [0, 0.05) is 24.2 Å². The number of rotatable bonds is 4. The second-order valence-electron chi connectivity index (χ2n) is 4.36. The van der Waals surface area contributed by atoms with Crippen LogP contribution in [-0.4, -0.2) is 22.9 Å². The minimum absolute atomic E-state index is 0.00857. The first-order valence-electron chi connectivity index (χ1n) is 5.99. The fourth-order valence-corrected chi connectivity index (χ4v) is 1.91. The molecule has 6 nitrogen and oxygen atoms in total. The first kappa shape index (κ1) is 13.1. The number of carbonyl (C=O) groups is 3. The molecule has 1 aromatic rings. The average Bonchev–Trinajstić information content (AvgIpc) is 2.36. The summed E-state index contributed by atoms with van der Waals surface area (Å²) in [5, 5.41) is 13.9. The van der Waals surface area contributed by atoms with Crippen molar-refractivity contribution in [2.24, 2.45) is 0 Å². The number of aliphatic carboxylic acids is 1. The molecule has 1 aliphatic rings. The molecule has 3 N–H and O–H groups in total. The molecule has 0 aliphatic carbocycles. The van der Waals surface area contributed by atoms with Crippen molar-refractivity contribution in [1.82, 2.24) is 0 Å². The van der Waals surface area contributed by atoms with Gasteiger partial charge in [-0.25, -0.2) is 0 Å². The van der Waals surface area contributed by atoms with E-state index in [1.165, 1.54) is 0 Å². The highest BCUT2D eigenvalue weighted by Gasteiger charge is 2.15. The van der Waals surface area contributed by atoms with Crippen LogP contribution in [0.15, 0.2) is 18.2 Å². The average molecular weight is 262 g/mol. The summed E-state index contributed by atoms with van der Waals surface area (Å²) in [7, 11) is 0. The highest BCUT2D eigenvalue weighted by Crippen LogP contribution is 2.25. The summed E-state index contributed by atoms with van der Waals surface area (Å²) < 4.78 is 0. The Morgan fingerprint density at radius 2 is 2.05 bits per heavy atom. The van der Waals surface area contributed by atoms with Crippen LogP contribution in [0.25, 0.3) is 0 Å². The molecule has 0 bridgehead atoms. The lowest BCUT2D eigenvalue weighted by molar-refractivity contribution is -0.138. The molecule has 1 heterocycles. The van der Waals surface area contributed by atoms with Gasteiger partial charge in [-0.05, 0) is 30.2 Å². The monoisotopic (exact) mass is 262 g/mol. The van der Waals surface area contributed by atoms with Crippen LogP contribution in [0.5, 0.6) is 0 Å². The van der Waals surface area contributed by atoms with E-state index in [9.17, 15) is 14.4 Å². The van der Waals surface area contributed by atoms with Crippen molar-refractivity contribution in [1.29, 1.82) is 0 Å². The Bertz CT molecular complexity index is 539. The van der Waals surface area contributed by atoms with Gasteiger partial charge in [0.05, 0.1) is 6.42 Å². The highest BCUT2D eigenvalue weighted by atomic mass is 16.4. The summed E-state index contributed by atoms with van der Waals surface area (Å²) in [5.74, 6) is -1.34. The predicted octanol–water partition coefficient (Wildman–Crippen LogP) is 1.37. The number of anilines is 2. The van der Waals surface area contributed by atoms with E-state index in [0.717, 1.165) is 11.3 Å². The summed E-state index contributed by atoms with van der Waals surface area (Å²) in [5.41, 5.74) is 2.35. The molecule has 19 heavy (non-hydrogen) atoms. The molecule has 2 amide bonds. The number of carboxylic acids is 1. The van der Waals surface area contributed by atoms with Crippen LogP contribution in [0.4, 0.5) is 11.4 Å². The van der Waals surface area contributed by atoms with Crippen molar-refractivity contribution >= 4 is 29.2 Å². The van der Waals surface area contributed by atoms with Gasteiger partial charge in [-0.2, -0.15) is 0 Å². The van der Waals surface area contributed by atoms with Gasteiger partial charge in [0.1, 0.15) is 0 Å². The number of aryl methyl sites for hydroxylation is 1. The Hall–Kier alpha value is -2.37. The molecule has 0 fully saturated rings. The highest BCUT2D eigenvalue weighted by molar-refractivity contribution is 5.96. The summed E-state index contributed by atoms with van der Waals surface area (Å²) in [6.07, 6.45) is 0.833. The molecule has 0 spiro atoms. The largest absolute Gasteiger partial charge is 0.481 e. The van der Waals surface area contributed by atoms with E-state index in [1.54, 1.807) is 18.2 Å². The molecule has 6 heteroatoms. The van der Waals surface area contributed by atoms with Crippen LogP contribution in [0.3, 0.4) is 0 Å². The fraction of sp³-hybridized carbons (Fsp3) is 0.308. The first-order chi connectivity index (χ1) is 9.04. The molecule has 0 radical (unpaired) electrons. The van der Waals surface area contributed by atoms with E-state index in [2.05, 4.69) is 10.6 Å². The Morgan fingerprint density at radius 3 is 2.79 bits per heavy atom. The van der Waals surface area contributed by atoms with Crippen molar-refractivity contribution in [3.05, 3.63) is 23.8 Å². The smallest absolute Gasteiger partial charge is 0.303 e. The number of carbonyl (C=O) groups excluding carboxylic acids is 2. The second-order valence-corrected chi connectivity index (χ2v) is 4.36. The molecule has 100 valence electrons. The minimum Gasteiger partial charge on any atom is -0.481 e. The maximum atomic E-state index is 11.5. The fourth-order valence-electron chi connectivity index (χ4n) is 1.91. The molecule has 0 saturated heterocycles. The lowest BCUT2D eigenvalue weighted by Crippen LogP contribution is -2.19. The van der Waals surface area contributed by atoms with Crippen molar-refractivity contribution in [3.63, 3.8) is 0 Å². The van der Waals surface area contributed by atoms with Crippen molar-refractivity contribution in [2.75, 3.05) is 10.6 Å². The van der Waals surface area contributed by atoms with Gasteiger partial charge in [0.25, 0.3) is 0 Å². The van der Waals surface area contributed by atoms with E-state index < -0.39 is 5.97 Å². The third-order valence-corrected chi connectivity index (χ3v) is 2.85. The maximum Gasteiger partial charge on any atom is 0.303 e. The van der Waals surface area contributed by atoms with Crippen LogP contribution in [0.1, 0.15) is 24.8 Å². The Balaban J connectivity index is 2.00. The number of hydrogen-bond acceptors (Lipinski definition) is 3. The van der Waals surface area contributed by atoms with Crippen molar-refractivity contribution < 1.29 is 19.5 Å². The molecule has 0 atom stereocenters. The van der Waals surface area contributed by atoms with E-state index >= 15 is 0 Å². The quantitative estimate of drug-likeness (QED) is 0.763. The van der Waals surface area contributed by atoms with E-state index in [0.29, 0.717) is 18.5 Å². The van der Waals surface area contributed by atoms with Crippen LogP contribution >= 0.6 is 0 Å². The van der Waals surface area contributed by atoms with Gasteiger partial charge in [-0.3, -0.25) is 14.4 Å². The Morgan fingerprint density at radius 1 is 1.26 bits per heavy atom. The zero-order valence-electron chi connectivity index (χ0n) is 10.2. The summed E-state index contributed by atoms with van der Waals surface area (Å²) in [6.45, 7) is 0. The molecule has 1 aromatic carbocycles. The number of nitrogens with one attached hydrogen (secondary N) is 2. The van der Waals surface area contributed by atoms with E-state index in [4.69, 9.17) is 5.11 Å². The van der Waals surface area contributed by atoms with Crippen molar-refractivity contribution in [3.8, 4) is 0 Å². The lowest BCUT2D eigenvalue weighted by atomic mass is 10.0. The molecule has 0 saturated carbocycles. The summed E-state index contributed by atoms with van der Waals surface area (Å²) in [4.78, 5) is 33.1. The van der Waals surface area contributed by atoms with Gasteiger partial charge in [0.15, 0.2) is 0 Å². The van der Waals surface area contributed by atoms with Crippen LogP contribution in [0, 0.1) is 0 Å². The van der Waals surface area contributed by atoms with E-state index in [1.807, 2.05) is 0 Å². The molecular formula is C13H14N2O4. The topological polar surface area (TPSA) is 95.5 Å². The minimum atomic E-state index is -0.997. The second kappa shape index (κ2) is 5.51. The maximum absolute atomic E-state index is 11.5. The summed E-state index contributed by atoms with van der Waals surface area (Å²) >= 11 is 0. The van der Waals surface area contributed by atoms with Crippen LogP contribution in [0.2, 0.25) is 0 Å². The van der Waals surface area contributed by atoms with Crippen molar-refractivity contribution in [2.45, 2.75) is 25.7 Å². The molecule has 0 aromatic heterocycles. The van der Waals surface area contributed by atoms with Gasteiger partial charge < -0.3 is 15.7 Å². The molecule has 1 aliphatic heterocycles. The standard InChI is InChI=1S/C13H14N2O4/c16-11(5-6-13(18)19)14-9-2-3-10-8(7-9)1-4-12(17)15-10/h2-3,7H,1,4-6H2,(H,14,16)(H,15,17)(H,18,19). The number of fused-ring (bicyclic) bond motifs is 1. The predicted molar refractivity (Wildman–Crippen MR) is 68.9 cm³/mol. The number of carboxylic acid groups (broad SMARTS) is 1. The zero-order chi connectivity index (χ0) is 13.8. The SMILES string of the molecule is O=C(O)CCC(=O)Nc1ccc2c(c1)CCC(=O)N2.